The van der Waals surface area contributed by atoms with Gasteiger partial charge in [0.2, 0.25) is 5.91 Å². The van der Waals surface area contributed by atoms with Crippen LogP contribution in [0.1, 0.15) is 17.5 Å². The molecule has 90 valence electrons. The van der Waals surface area contributed by atoms with Gasteiger partial charge in [-0.2, -0.15) is 0 Å². The third kappa shape index (κ3) is 2.96. The predicted octanol–water partition coefficient (Wildman–Crippen LogP) is 0.782. The third-order valence-electron chi connectivity index (χ3n) is 2.78. The Morgan fingerprint density at radius 2 is 2.00 bits per heavy atom. The SMILES string of the molecule is NC(=O)CNC(=O)Nc1ccc2c(c1)CCC2. The zero-order valence-electron chi connectivity index (χ0n) is 9.45. The zero-order valence-corrected chi connectivity index (χ0v) is 9.45. The minimum atomic E-state index is -0.561. The van der Waals surface area contributed by atoms with Gasteiger partial charge in [0, 0.05) is 5.69 Å². The molecule has 0 saturated heterocycles. The number of carbonyl (C=O) groups excluding carboxylic acids is 2. The van der Waals surface area contributed by atoms with Gasteiger partial charge >= 0.3 is 6.03 Å². The summed E-state index contributed by atoms with van der Waals surface area (Å²) < 4.78 is 0. The molecular weight excluding hydrogens is 218 g/mol. The molecule has 0 spiro atoms. The van der Waals surface area contributed by atoms with E-state index in [9.17, 15) is 9.59 Å². The van der Waals surface area contributed by atoms with Crippen LogP contribution in [0.4, 0.5) is 10.5 Å². The maximum absolute atomic E-state index is 11.4. The summed E-state index contributed by atoms with van der Waals surface area (Å²) >= 11 is 0. The van der Waals surface area contributed by atoms with Gasteiger partial charge in [-0.05, 0) is 42.5 Å². The van der Waals surface area contributed by atoms with Crippen molar-refractivity contribution in [2.45, 2.75) is 19.3 Å². The molecule has 0 saturated carbocycles. The lowest BCUT2D eigenvalue weighted by Gasteiger charge is -2.07. The molecule has 0 unspecified atom stereocenters. The average Bonchev–Trinajstić information content (AvgIpc) is 2.73. The van der Waals surface area contributed by atoms with Crippen LogP contribution in [0.15, 0.2) is 18.2 Å². The molecule has 2 rings (SSSR count). The molecule has 0 heterocycles. The normalized spacial score (nSPS) is 12.9. The number of amides is 3. The Bertz CT molecular complexity index is 457. The van der Waals surface area contributed by atoms with Gasteiger partial charge in [-0.15, -0.1) is 0 Å². The standard InChI is InChI=1S/C12H15N3O2/c13-11(16)7-14-12(17)15-10-5-4-8-2-1-3-9(8)6-10/h4-6H,1-3,7H2,(H2,13,16)(H2,14,15,17). The van der Waals surface area contributed by atoms with Crippen molar-refractivity contribution in [1.29, 1.82) is 0 Å². The highest BCUT2D eigenvalue weighted by molar-refractivity contribution is 5.92. The molecule has 0 aliphatic heterocycles. The Labute approximate surface area is 99.4 Å². The van der Waals surface area contributed by atoms with Crippen LogP contribution >= 0.6 is 0 Å². The van der Waals surface area contributed by atoms with Crippen molar-refractivity contribution >= 4 is 17.6 Å². The smallest absolute Gasteiger partial charge is 0.319 e. The Kier molecular flexibility index (Phi) is 3.27. The molecule has 4 N–H and O–H groups in total. The summed E-state index contributed by atoms with van der Waals surface area (Å²) in [4.78, 5) is 21.9. The predicted molar refractivity (Wildman–Crippen MR) is 64.7 cm³/mol. The van der Waals surface area contributed by atoms with Crippen molar-refractivity contribution in [2.75, 3.05) is 11.9 Å². The summed E-state index contributed by atoms with van der Waals surface area (Å²) in [6, 6.07) is 5.47. The van der Waals surface area contributed by atoms with Crippen molar-refractivity contribution in [3.63, 3.8) is 0 Å². The highest BCUT2D eigenvalue weighted by Crippen LogP contribution is 2.24. The number of hydrogen-bond acceptors (Lipinski definition) is 2. The Morgan fingerprint density at radius 3 is 2.76 bits per heavy atom. The van der Waals surface area contributed by atoms with E-state index >= 15 is 0 Å². The highest BCUT2D eigenvalue weighted by atomic mass is 16.2. The van der Waals surface area contributed by atoms with Gasteiger partial charge in [0.15, 0.2) is 0 Å². The van der Waals surface area contributed by atoms with Crippen molar-refractivity contribution in [3.05, 3.63) is 29.3 Å². The lowest BCUT2D eigenvalue weighted by Crippen LogP contribution is -2.36. The van der Waals surface area contributed by atoms with Crippen LogP contribution in [0.3, 0.4) is 0 Å². The maximum Gasteiger partial charge on any atom is 0.319 e. The van der Waals surface area contributed by atoms with Gasteiger partial charge in [-0.3, -0.25) is 4.79 Å². The van der Waals surface area contributed by atoms with Gasteiger partial charge in [0.25, 0.3) is 0 Å². The van der Waals surface area contributed by atoms with Gasteiger partial charge in [0.1, 0.15) is 0 Å². The Morgan fingerprint density at radius 1 is 1.24 bits per heavy atom. The van der Waals surface area contributed by atoms with Crippen LogP contribution in [0, 0.1) is 0 Å². The van der Waals surface area contributed by atoms with E-state index in [1.54, 1.807) is 0 Å². The summed E-state index contributed by atoms with van der Waals surface area (Å²) in [6.07, 6.45) is 3.35. The maximum atomic E-state index is 11.4. The monoisotopic (exact) mass is 233 g/mol. The highest BCUT2D eigenvalue weighted by Gasteiger charge is 2.11. The molecule has 1 aliphatic carbocycles. The van der Waals surface area contributed by atoms with Crippen molar-refractivity contribution in [1.82, 2.24) is 5.32 Å². The molecule has 0 radical (unpaired) electrons. The van der Waals surface area contributed by atoms with Crippen LogP contribution in [-0.2, 0) is 17.6 Å². The molecule has 17 heavy (non-hydrogen) atoms. The fraction of sp³-hybridized carbons (Fsp3) is 0.333. The number of nitrogens with two attached hydrogens (primary N) is 1. The minimum Gasteiger partial charge on any atom is -0.368 e. The first-order valence-corrected chi connectivity index (χ1v) is 5.60. The number of benzene rings is 1. The Balaban J connectivity index is 1.95. The summed E-state index contributed by atoms with van der Waals surface area (Å²) in [6.45, 7) is -0.156. The summed E-state index contributed by atoms with van der Waals surface area (Å²) in [5.41, 5.74) is 8.31. The number of nitrogens with one attached hydrogen (secondary N) is 2. The van der Waals surface area contributed by atoms with Crippen LogP contribution in [0.25, 0.3) is 0 Å². The van der Waals surface area contributed by atoms with Crippen LogP contribution in [-0.4, -0.2) is 18.5 Å². The van der Waals surface area contributed by atoms with Crippen LogP contribution in [0.2, 0.25) is 0 Å². The molecule has 3 amide bonds. The molecule has 1 aromatic carbocycles. The van der Waals surface area contributed by atoms with Crippen LogP contribution in [0.5, 0.6) is 0 Å². The first-order chi connectivity index (χ1) is 8.15. The first-order valence-electron chi connectivity index (χ1n) is 5.60. The van der Waals surface area contributed by atoms with E-state index in [4.69, 9.17) is 5.73 Å². The van der Waals surface area contributed by atoms with Crippen molar-refractivity contribution in [2.24, 2.45) is 5.73 Å². The summed E-state index contributed by atoms with van der Waals surface area (Å²) in [5, 5.41) is 5.04. The first kappa shape index (κ1) is 11.4. The molecule has 5 heteroatoms. The second kappa shape index (κ2) is 4.86. The van der Waals surface area contributed by atoms with Gasteiger partial charge < -0.3 is 16.4 Å². The van der Waals surface area contributed by atoms with Crippen molar-refractivity contribution < 1.29 is 9.59 Å². The number of urea groups is 1. The fourth-order valence-electron chi connectivity index (χ4n) is 1.99. The minimum absolute atomic E-state index is 0.156. The van der Waals surface area contributed by atoms with E-state index in [2.05, 4.69) is 10.6 Å². The van der Waals surface area contributed by atoms with E-state index in [1.807, 2.05) is 18.2 Å². The number of anilines is 1. The number of primary amides is 1. The lowest BCUT2D eigenvalue weighted by molar-refractivity contribution is -0.117. The number of aryl methyl sites for hydroxylation is 2. The van der Waals surface area contributed by atoms with Crippen molar-refractivity contribution in [3.8, 4) is 0 Å². The summed E-state index contributed by atoms with van der Waals surface area (Å²) in [7, 11) is 0. The molecule has 1 aliphatic rings. The van der Waals surface area contributed by atoms with E-state index in [-0.39, 0.29) is 6.54 Å². The number of hydrogen-bond donors (Lipinski definition) is 3. The molecule has 0 aromatic heterocycles. The molecular formula is C12H15N3O2. The molecule has 0 bridgehead atoms. The zero-order chi connectivity index (χ0) is 12.3. The fourth-order valence-corrected chi connectivity index (χ4v) is 1.99. The van der Waals surface area contributed by atoms with E-state index in [0.717, 1.165) is 18.5 Å². The van der Waals surface area contributed by atoms with Gasteiger partial charge in [0.05, 0.1) is 6.54 Å². The number of rotatable bonds is 3. The topological polar surface area (TPSA) is 84.2 Å². The van der Waals surface area contributed by atoms with E-state index in [1.165, 1.54) is 17.5 Å². The largest absolute Gasteiger partial charge is 0.368 e. The lowest BCUT2D eigenvalue weighted by atomic mass is 10.1. The third-order valence-corrected chi connectivity index (χ3v) is 2.78. The van der Waals surface area contributed by atoms with Gasteiger partial charge in [-0.25, -0.2) is 4.79 Å². The molecule has 0 atom stereocenters. The molecule has 0 fully saturated rings. The number of fused-ring (bicyclic) bond motifs is 1. The second-order valence-electron chi connectivity index (χ2n) is 4.11. The van der Waals surface area contributed by atoms with Crippen LogP contribution < -0.4 is 16.4 Å². The quantitative estimate of drug-likeness (QED) is 0.720. The average molecular weight is 233 g/mol. The molecule has 5 nitrogen and oxygen atoms in total. The van der Waals surface area contributed by atoms with Gasteiger partial charge in [-0.1, -0.05) is 6.07 Å². The summed E-state index contributed by atoms with van der Waals surface area (Å²) in [5.74, 6) is -0.561. The molecule has 1 aromatic rings. The van der Waals surface area contributed by atoms with E-state index in [0.29, 0.717) is 0 Å². The Hall–Kier alpha value is -2.04. The van der Waals surface area contributed by atoms with E-state index < -0.39 is 11.9 Å². The second-order valence-corrected chi connectivity index (χ2v) is 4.11. The number of carbonyl (C=O) groups is 2.